The number of carbonyl (C=O) groups excluding carboxylic acids is 1. The number of carboxylic acids is 1. The van der Waals surface area contributed by atoms with Crippen molar-refractivity contribution in [3.63, 3.8) is 0 Å². The first-order valence-corrected chi connectivity index (χ1v) is 7.81. The van der Waals surface area contributed by atoms with Gasteiger partial charge in [-0.25, -0.2) is 0 Å². The average molecular weight is 293 g/mol. The number of para-hydroxylation sites is 1. The number of carboxylic acid groups (broad SMARTS) is 1. The summed E-state index contributed by atoms with van der Waals surface area (Å²) in [6.07, 6.45) is 2.15. The number of aryl methyl sites for hydroxylation is 1. The molecule has 1 aliphatic carbocycles. The molecule has 0 bridgehead atoms. The predicted octanol–water partition coefficient (Wildman–Crippen LogP) is 2.92. The monoisotopic (exact) mass is 293 g/mol. The Balaban J connectivity index is 1.74. The topological polar surface area (TPSA) is 66.4 Å². The minimum atomic E-state index is -0.743. The fraction of sp³-hybridized carbons (Fsp3) is 0.467. The van der Waals surface area contributed by atoms with E-state index in [-0.39, 0.29) is 17.7 Å². The second kappa shape index (κ2) is 6.31. The van der Waals surface area contributed by atoms with Gasteiger partial charge in [-0.2, -0.15) is 11.8 Å². The van der Waals surface area contributed by atoms with Crippen LogP contribution in [-0.4, -0.2) is 28.5 Å². The summed E-state index contributed by atoms with van der Waals surface area (Å²) >= 11 is 1.52. The van der Waals surface area contributed by atoms with Crippen LogP contribution in [0.3, 0.4) is 0 Å². The first-order chi connectivity index (χ1) is 9.51. The number of hydrogen-bond donors (Lipinski definition) is 2. The Bertz CT molecular complexity index is 512. The molecule has 5 heteroatoms. The highest BCUT2D eigenvalue weighted by atomic mass is 32.2. The van der Waals surface area contributed by atoms with Gasteiger partial charge >= 0.3 is 5.97 Å². The van der Waals surface area contributed by atoms with Crippen LogP contribution in [0.5, 0.6) is 0 Å². The molecule has 0 spiro atoms. The second-order valence-electron chi connectivity index (χ2n) is 5.43. The molecule has 1 fully saturated rings. The third kappa shape index (κ3) is 4.27. The molecule has 2 rings (SSSR count). The molecule has 1 amide bonds. The van der Waals surface area contributed by atoms with Crippen molar-refractivity contribution in [2.75, 3.05) is 16.8 Å². The van der Waals surface area contributed by atoms with Crippen LogP contribution < -0.4 is 5.32 Å². The van der Waals surface area contributed by atoms with Gasteiger partial charge in [0.15, 0.2) is 0 Å². The van der Waals surface area contributed by atoms with Crippen molar-refractivity contribution in [1.29, 1.82) is 0 Å². The van der Waals surface area contributed by atoms with Crippen LogP contribution >= 0.6 is 11.8 Å². The van der Waals surface area contributed by atoms with E-state index in [1.807, 2.05) is 31.2 Å². The fourth-order valence-corrected chi connectivity index (χ4v) is 3.31. The molecule has 0 heterocycles. The molecule has 0 aliphatic heterocycles. The Labute approximate surface area is 123 Å². The van der Waals surface area contributed by atoms with Crippen molar-refractivity contribution in [2.45, 2.75) is 26.2 Å². The number of carbonyl (C=O) groups is 2. The lowest BCUT2D eigenvalue weighted by atomic mass is 10.1. The number of anilines is 1. The lowest BCUT2D eigenvalue weighted by Gasteiger charge is -2.12. The molecule has 0 radical (unpaired) electrons. The van der Waals surface area contributed by atoms with Crippen molar-refractivity contribution >= 4 is 29.3 Å². The van der Waals surface area contributed by atoms with E-state index in [1.165, 1.54) is 11.8 Å². The zero-order valence-electron chi connectivity index (χ0n) is 11.5. The summed E-state index contributed by atoms with van der Waals surface area (Å²) in [4.78, 5) is 22.6. The van der Waals surface area contributed by atoms with Crippen LogP contribution in [-0.2, 0) is 9.59 Å². The standard InChI is InChI=1S/C15H19NO3S/c1-11-4-2-3-5-12(11)16-13(17)9-20-10-15(6-7-15)8-14(18)19/h2-5H,6-10H2,1H3,(H,16,17)(H,18,19). The van der Waals surface area contributed by atoms with Crippen molar-refractivity contribution < 1.29 is 14.7 Å². The molecular weight excluding hydrogens is 274 g/mol. The number of hydrogen-bond acceptors (Lipinski definition) is 3. The molecular formula is C15H19NO3S. The molecule has 1 aliphatic rings. The van der Waals surface area contributed by atoms with E-state index < -0.39 is 5.97 Å². The Hall–Kier alpha value is -1.49. The van der Waals surface area contributed by atoms with Crippen LogP contribution in [0, 0.1) is 12.3 Å². The van der Waals surface area contributed by atoms with Gasteiger partial charge in [0.25, 0.3) is 0 Å². The van der Waals surface area contributed by atoms with E-state index in [2.05, 4.69) is 5.32 Å². The maximum absolute atomic E-state index is 11.8. The SMILES string of the molecule is Cc1ccccc1NC(=O)CSCC1(CC(=O)O)CC1. The quantitative estimate of drug-likeness (QED) is 0.811. The van der Waals surface area contributed by atoms with E-state index >= 15 is 0 Å². The van der Waals surface area contributed by atoms with Crippen LogP contribution in [0.1, 0.15) is 24.8 Å². The zero-order chi connectivity index (χ0) is 14.6. The Morgan fingerprint density at radius 3 is 2.65 bits per heavy atom. The van der Waals surface area contributed by atoms with Gasteiger partial charge in [-0.1, -0.05) is 18.2 Å². The molecule has 0 saturated heterocycles. The molecule has 4 nitrogen and oxygen atoms in total. The summed E-state index contributed by atoms with van der Waals surface area (Å²) < 4.78 is 0. The van der Waals surface area contributed by atoms with Crippen molar-refractivity contribution in [2.24, 2.45) is 5.41 Å². The molecule has 1 saturated carbocycles. The average Bonchev–Trinajstić information content (AvgIpc) is 3.11. The van der Waals surface area contributed by atoms with E-state index in [1.54, 1.807) is 0 Å². The fourth-order valence-electron chi connectivity index (χ4n) is 2.13. The number of benzene rings is 1. The molecule has 20 heavy (non-hydrogen) atoms. The molecule has 1 aromatic rings. The van der Waals surface area contributed by atoms with E-state index in [4.69, 9.17) is 5.11 Å². The van der Waals surface area contributed by atoms with E-state index in [0.717, 1.165) is 29.8 Å². The highest BCUT2D eigenvalue weighted by Crippen LogP contribution is 2.50. The Morgan fingerprint density at radius 1 is 1.35 bits per heavy atom. The summed E-state index contributed by atoms with van der Waals surface area (Å²) in [6.45, 7) is 1.95. The largest absolute Gasteiger partial charge is 0.481 e. The van der Waals surface area contributed by atoms with Gasteiger partial charge in [-0.15, -0.1) is 0 Å². The van der Waals surface area contributed by atoms with Crippen molar-refractivity contribution in [3.8, 4) is 0 Å². The highest BCUT2D eigenvalue weighted by molar-refractivity contribution is 8.00. The summed E-state index contributed by atoms with van der Waals surface area (Å²) in [7, 11) is 0. The highest BCUT2D eigenvalue weighted by Gasteiger charge is 2.44. The van der Waals surface area contributed by atoms with E-state index in [9.17, 15) is 9.59 Å². The van der Waals surface area contributed by atoms with Crippen LogP contribution in [0.4, 0.5) is 5.69 Å². The third-order valence-electron chi connectivity index (χ3n) is 3.54. The lowest BCUT2D eigenvalue weighted by Crippen LogP contribution is -2.17. The molecule has 0 atom stereocenters. The minimum absolute atomic E-state index is 0.0320. The molecule has 1 aromatic carbocycles. The normalized spacial score (nSPS) is 15.7. The predicted molar refractivity (Wildman–Crippen MR) is 81.1 cm³/mol. The number of thioether (sulfide) groups is 1. The Kier molecular flexibility index (Phi) is 4.70. The summed E-state index contributed by atoms with van der Waals surface area (Å²) in [5.74, 6) is 0.346. The molecule has 108 valence electrons. The first-order valence-electron chi connectivity index (χ1n) is 6.66. The molecule has 0 aromatic heterocycles. The summed E-state index contributed by atoms with van der Waals surface area (Å²) in [5.41, 5.74) is 1.82. The lowest BCUT2D eigenvalue weighted by molar-refractivity contribution is -0.138. The van der Waals surface area contributed by atoms with E-state index in [0.29, 0.717) is 5.75 Å². The molecule has 0 unspecified atom stereocenters. The van der Waals surface area contributed by atoms with Crippen LogP contribution in [0.15, 0.2) is 24.3 Å². The number of amides is 1. The Morgan fingerprint density at radius 2 is 2.05 bits per heavy atom. The maximum atomic E-state index is 11.8. The van der Waals surface area contributed by atoms with Crippen LogP contribution in [0.2, 0.25) is 0 Å². The van der Waals surface area contributed by atoms with Crippen molar-refractivity contribution in [1.82, 2.24) is 0 Å². The number of aliphatic carboxylic acids is 1. The van der Waals surface area contributed by atoms with Gasteiger partial charge in [0.05, 0.1) is 12.2 Å². The van der Waals surface area contributed by atoms with Crippen molar-refractivity contribution in [3.05, 3.63) is 29.8 Å². The number of rotatable bonds is 7. The zero-order valence-corrected chi connectivity index (χ0v) is 12.3. The van der Waals surface area contributed by atoms with Gasteiger partial charge < -0.3 is 10.4 Å². The first kappa shape index (κ1) is 14.9. The molecule has 2 N–H and O–H groups in total. The smallest absolute Gasteiger partial charge is 0.303 e. The van der Waals surface area contributed by atoms with Gasteiger partial charge in [-0.3, -0.25) is 9.59 Å². The van der Waals surface area contributed by atoms with Crippen LogP contribution in [0.25, 0.3) is 0 Å². The van der Waals surface area contributed by atoms with Gasteiger partial charge in [0, 0.05) is 5.69 Å². The summed E-state index contributed by atoms with van der Waals surface area (Å²) in [6, 6.07) is 7.66. The van der Waals surface area contributed by atoms with Gasteiger partial charge in [0.1, 0.15) is 0 Å². The second-order valence-corrected chi connectivity index (χ2v) is 6.41. The van der Waals surface area contributed by atoms with Gasteiger partial charge in [0.2, 0.25) is 5.91 Å². The third-order valence-corrected chi connectivity index (χ3v) is 4.83. The maximum Gasteiger partial charge on any atom is 0.303 e. The van der Waals surface area contributed by atoms with Gasteiger partial charge in [-0.05, 0) is 42.6 Å². The number of nitrogens with one attached hydrogen (secondary N) is 1. The summed E-state index contributed by atoms with van der Waals surface area (Å²) in [5, 5.41) is 11.7. The minimum Gasteiger partial charge on any atom is -0.481 e.